The van der Waals surface area contributed by atoms with Crippen LogP contribution in [0.1, 0.15) is 30.5 Å². The number of amides is 1. The maximum absolute atomic E-state index is 11.9. The first kappa shape index (κ1) is 15.5. The first-order chi connectivity index (χ1) is 11.3. The van der Waals surface area contributed by atoms with Crippen molar-refractivity contribution in [3.8, 4) is 0 Å². The summed E-state index contributed by atoms with van der Waals surface area (Å²) in [5.41, 5.74) is 3.39. The van der Waals surface area contributed by atoms with E-state index in [1.165, 1.54) is 24.1 Å². The number of carbonyl (C=O) groups excluding carboxylic acids is 1. The third-order valence-corrected chi connectivity index (χ3v) is 4.24. The van der Waals surface area contributed by atoms with Gasteiger partial charge >= 0.3 is 0 Å². The zero-order chi connectivity index (χ0) is 15.9. The number of nitrogens with zero attached hydrogens (tertiary/aromatic N) is 2. The minimum atomic E-state index is 0.0688. The summed E-state index contributed by atoms with van der Waals surface area (Å²) in [6.45, 7) is 2.82. The number of anilines is 1. The minimum absolute atomic E-state index is 0.0688. The molecule has 1 saturated heterocycles. The first-order valence-corrected chi connectivity index (χ1v) is 8.32. The van der Waals surface area contributed by atoms with Crippen molar-refractivity contribution in [2.24, 2.45) is 0 Å². The Hall–Kier alpha value is -2.36. The van der Waals surface area contributed by atoms with Gasteiger partial charge in [0.2, 0.25) is 5.91 Å². The highest BCUT2D eigenvalue weighted by molar-refractivity contribution is 5.76. The van der Waals surface area contributed by atoms with E-state index in [2.05, 4.69) is 39.5 Å². The Labute approximate surface area is 137 Å². The second-order valence-electron chi connectivity index (χ2n) is 5.96. The average Bonchev–Trinajstić information content (AvgIpc) is 3.14. The SMILES string of the molecule is O=C(CCc1ccc(N2CCCC2)cc1)NCc1ccccn1. The van der Waals surface area contributed by atoms with Gasteiger partial charge in [-0.2, -0.15) is 0 Å². The van der Waals surface area contributed by atoms with E-state index < -0.39 is 0 Å². The van der Waals surface area contributed by atoms with Crippen LogP contribution in [0.4, 0.5) is 5.69 Å². The van der Waals surface area contributed by atoms with E-state index in [-0.39, 0.29) is 5.91 Å². The van der Waals surface area contributed by atoms with Crippen LogP contribution in [0.2, 0.25) is 0 Å². The number of hydrogen-bond acceptors (Lipinski definition) is 3. The van der Waals surface area contributed by atoms with Crippen molar-refractivity contribution in [1.82, 2.24) is 10.3 Å². The monoisotopic (exact) mass is 309 g/mol. The summed E-state index contributed by atoms with van der Waals surface area (Å²) in [7, 11) is 0. The summed E-state index contributed by atoms with van der Waals surface area (Å²) in [4.78, 5) is 18.5. The number of benzene rings is 1. The predicted octanol–water partition coefficient (Wildman–Crippen LogP) is 2.93. The van der Waals surface area contributed by atoms with E-state index in [4.69, 9.17) is 0 Å². The van der Waals surface area contributed by atoms with Crippen molar-refractivity contribution < 1.29 is 4.79 Å². The molecule has 2 aromatic rings. The summed E-state index contributed by atoms with van der Waals surface area (Å²) in [5.74, 6) is 0.0688. The number of aromatic nitrogens is 1. The summed E-state index contributed by atoms with van der Waals surface area (Å²) in [6, 6.07) is 14.3. The Morgan fingerprint density at radius 1 is 1.09 bits per heavy atom. The van der Waals surface area contributed by atoms with E-state index >= 15 is 0 Å². The Kier molecular flexibility index (Phi) is 5.25. The maximum atomic E-state index is 11.9. The van der Waals surface area contributed by atoms with Crippen LogP contribution in [0, 0.1) is 0 Å². The number of nitrogens with one attached hydrogen (secondary N) is 1. The second kappa shape index (κ2) is 7.77. The quantitative estimate of drug-likeness (QED) is 0.892. The van der Waals surface area contributed by atoms with Crippen LogP contribution in [0.25, 0.3) is 0 Å². The molecule has 1 aromatic heterocycles. The lowest BCUT2D eigenvalue weighted by Gasteiger charge is -2.17. The summed E-state index contributed by atoms with van der Waals surface area (Å²) >= 11 is 0. The van der Waals surface area contributed by atoms with Crippen LogP contribution in [0.5, 0.6) is 0 Å². The lowest BCUT2D eigenvalue weighted by molar-refractivity contribution is -0.121. The van der Waals surface area contributed by atoms with Gasteiger partial charge in [0.05, 0.1) is 12.2 Å². The van der Waals surface area contributed by atoms with Crippen LogP contribution in [-0.4, -0.2) is 24.0 Å². The summed E-state index contributed by atoms with van der Waals surface area (Å²) in [6.07, 6.45) is 5.60. The highest BCUT2D eigenvalue weighted by atomic mass is 16.1. The molecule has 2 heterocycles. The Bertz CT molecular complexity index is 619. The number of rotatable bonds is 6. The van der Waals surface area contributed by atoms with Gasteiger partial charge in [0.25, 0.3) is 0 Å². The van der Waals surface area contributed by atoms with Crippen LogP contribution in [0.3, 0.4) is 0 Å². The highest BCUT2D eigenvalue weighted by Crippen LogP contribution is 2.20. The van der Waals surface area contributed by atoms with Gasteiger partial charge in [-0.25, -0.2) is 0 Å². The van der Waals surface area contributed by atoms with E-state index in [9.17, 15) is 4.79 Å². The zero-order valence-electron chi connectivity index (χ0n) is 13.4. The normalized spacial score (nSPS) is 14.0. The lowest BCUT2D eigenvalue weighted by Crippen LogP contribution is -2.23. The average molecular weight is 309 g/mol. The summed E-state index contributed by atoms with van der Waals surface area (Å²) in [5, 5.41) is 2.92. The highest BCUT2D eigenvalue weighted by Gasteiger charge is 2.11. The molecule has 1 aliphatic heterocycles. The molecule has 0 bridgehead atoms. The molecule has 1 aromatic carbocycles. The Balaban J connectivity index is 1.43. The maximum Gasteiger partial charge on any atom is 0.220 e. The van der Waals surface area contributed by atoms with Crippen LogP contribution < -0.4 is 10.2 Å². The third-order valence-electron chi connectivity index (χ3n) is 4.24. The smallest absolute Gasteiger partial charge is 0.220 e. The molecule has 4 heteroatoms. The Morgan fingerprint density at radius 2 is 1.87 bits per heavy atom. The molecule has 0 aliphatic carbocycles. The van der Waals surface area contributed by atoms with Gasteiger partial charge in [0.15, 0.2) is 0 Å². The molecule has 1 aliphatic rings. The van der Waals surface area contributed by atoms with Crippen molar-refractivity contribution in [2.75, 3.05) is 18.0 Å². The van der Waals surface area contributed by atoms with Crippen LogP contribution >= 0.6 is 0 Å². The number of hydrogen-bond donors (Lipinski definition) is 1. The molecule has 23 heavy (non-hydrogen) atoms. The fraction of sp³-hybridized carbons (Fsp3) is 0.368. The lowest BCUT2D eigenvalue weighted by atomic mass is 10.1. The largest absolute Gasteiger partial charge is 0.372 e. The molecule has 4 nitrogen and oxygen atoms in total. The molecule has 0 atom stereocenters. The van der Waals surface area contributed by atoms with E-state index in [1.54, 1.807) is 6.20 Å². The molecule has 0 radical (unpaired) electrons. The molecular weight excluding hydrogens is 286 g/mol. The van der Waals surface area contributed by atoms with Crippen LogP contribution in [0.15, 0.2) is 48.7 Å². The topological polar surface area (TPSA) is 45.2 Å². The first-order valence-electron chi connectivity index (χ1n) is 8.32. The van der Waals surface area contributed by atoms with Crippen molar-refractivity contribution >= 4 is 11.6 Å². The molecule has 0 spiro atoms. The second-order valence-corrected chi connectivity index (χ2v) is 5.96. The molecule has 1 fully saturated rings. The third kappa shape index (κ3) is 4.55. The molecular formula is C19H23N3O. The molecule has 1 amide bonds. The van der Waals surface area contributed by atoms with Gasteiger partial charge in [-0.05, 0) is 49.1 Å². The predicted molar refractivity (Wildman–Crippen MR) is 92.3 cm³/mol. The van der Waals surface area contributed by atoms with Gasteiger partial charge in [-0.1, -0.05) is 18.2 Å². The van der Waals surface area contributed by atoms with Crippen LogP contribution in [-0.2, 0) is 17.8 Å². The fourth-order valence-corrected chi connectivity index (χ4v) is 2.89. The van der Waals surface area contributed by atoms with Gasteiger partial charge in [0.1, 0.15) is 0 Å². The number of carbonyl (C=O) groups is 1. The zero-order valence-corrected chi connectivity index (χ0v) is 13.4. The van der Waals surface area contributed by atoms with Crippen molar-refractivity contribution in [3.63, 3.8) is 0 Å². The molecule has 3 rings (SSSR count). The van der Waals surface area contributed by atoms with Gasteiger partial charge < -0.3 is 10.2 Å². The Morgan fingerprint density at radius 3 is 2.57 bits per heavy atom. The van der Waals surface area contributed by atoms with E-state index in [0.29, 0.717) is 13.0 Å². The van der Waals surface area contributed by atoms with Crippen molar-refractivity contribution in [2.45, 2.75) is 32.2 Å². The number of aryl methyl sites for hydroxylation is 1. The minimum Gasteiger partial charge on any atom is -0.372 e. The molecule has 0 saturated carbocycles. The van der Waals surface area contributed by atoms with Gasteiger partial charge in [-0.15, -0.1) is 0 Å². The standard InChI is InChI=1S/C19H23N3O/c23-19(21-15-17-5-1-2-12-20-17)11-8-16-6-9-18(10-7-16)22-13-3-4-14-22/h1-2,5-7,9-10,12H,3-4,8,11,13-15H2,(H,21,23). The molecule has 0 unspecified atom stereocenters. The van der Waals surface area contributed by atoms with Gasteiger partial charge in [-0.3, -0.25) is 9.78 Å². The molecule has 1 N–H and O–H groups in total. The van der Waals surface area contributed by atoms with E-state index in [1.807, 2.05) is 18.2 Å². The van der Waals surface area contributed by atoms with E-state index in [0.717, 1.165) is 25.2 Å². The number of pyridine rings is 1. The molecule has 120 valence electrons. The van der Waals surface area contributed by atoms with Crippen molar-refractivity contribution in [3.05, 3.63) is 59.9 Å². The fourth-order valence-electron chi connectivity index (χ4n) is 2.89. The van der Waals surface area contributed by atoms with Gasteiger partial charge in [0, 0.05) is 31.4 Å². The summed E-state index contributed by atoms with van der Waals surface area (Å²) < 4.78 is 0. The van der Waals surface area contributed by atoms with Crippen molar-refractivity contribution in [1.29, 1.82) is 0 Å².